The number of carbonyl (C=O) groups is 1. The Morgan fingerprint density at radius 2 is 1.74 bits per heavy atom. The van der Waals surface area contributed by atoms with E-state index in [0.717, 1.165) is 11.1 Å². The van der Waals surface area contributed by atoms with Gasteiger partial charge in [-0.25, -0.2) is 8.78 Å². The molecule has 0 bridgehead atoms. The quantitative estimate of drug-likeness (QED) is 0.631. The minimum Gasteiger partial charge on any atom is -0.349 e. The van der Waals surface area contributed by atoms with Gasteiger partial charge in [-0.15, -0.1) is 0 Å². The number of fused-ring (bicyclic) bond motifs is 2. The molecule has 1 amide bonds. The van der Waals surface area contributed by atoms with Crippen LogP contribution in [-0.2, 0) is 19.5 Å². The third-order valence-corrected chi connectivity index (χ3v) is 7.28. The van der Waals surface area contributed by atoms with Gasteiger partial charge >= 0.3 is 0 Å². The van der Waals surface area contributed by atoms with Crippen LogP contribution in [0.15, 0.2) is 41.5 Å². The maximum Gasteiger partial charge on any atom is 0.263 e. The second kappa shape index (κ2) is 6.28. The van der Waals surface area contributed by atoms with E-state index < -0.39 is 17.3 Å². The van der Waals surface area contributed by atoms with Crippen LogP contribution in [0.3, 0.4) is 0 Å². The highest BCUT2D eigenvalue weighted by atomic mass is 19.3. The van der Waals surface area contributed by atoms with E-state index in [-0.39, 0.29) is 36.5 Å². The van der Waals surface area contributed by atoms with Crippen LogP contribution in [0.4, 0.5) is 8.78 Å². The maximum absolute atomic E-state index is 15.0. The summed E-state index contributed by atoms with van der Waals surface area (Å²) in [5.74, 6) is -4.10. The lowest BCUT2D eigenvalue weighted by molar-refractivity contribution is 0.0691. The number of halogens is 2. The highest BCUT2D eigenvalue weighted by Crippen LogP contribution is 2.70. The van der Waals surface area contributed by atoms with Crippen molar-refractivity contribution in [1.29, 1.82) is 0 Å². The van der Waals surface area contributed by atoms with Crippen LogP contribution in [0.5, 0.6) is 0 Å². The van der Waals surface area contributed by atoms with Gasteiger partial charge in [-0.2, -0.15) is 0 Å². The lowest BCUT2D eigenvalue weighted by Crippen LogP contribution is -2.40. The van der Waals surface area contributed by atoms with Crippen LogP contribution in [0.2, 0.25) is 0 Å². The molecule has 3 aromatic rings. The summed E-state index contributed by atoms with van der Waals surface area (Å²) < 4.78 is 33.3. The molecule has 1 aromatic carbocycles. The van der Waals surface area contributed by atoms with Gasteiger partial charge in [0.15, 0.2) is 0 Å². The Morgan fingerprint density at radius 3 is 2.39 bits per heavy atom. The van der Waals surface area contributed by atoms with Crippen LogP contribution >= 0.6 is 0 Å². The number of hydrogen-bond acceptors (Lipinski definition) is 2. The Morgan fingerprint density at radius 1 is 1.06 bits per heavy atom. The first-order valence-electron chi connectivity index (χ1n) is 10.5. The van der Waals surface area contributed by atoms with Crippen molar-refractivity contribution in [3.8, 4) is 0 Å². The summed E-state index contributed by atoms with van der Waals surface area (Å²) in [6.45, 7) is 4.04. The molecule has 0 radical (unpaired) electrons. The number of alkyl halides is 2. The smallest absolute Gasteiger partial charge is 0.263 e. The Hall–Kier alpha value is -2.96. The van der Waals surface area contributed by atoms with E-state index in [0.29, 0.717) is 16.5 Å². The van der Waals surface area contributed by atoms with E-state index >= 15 is 8.78 Å². The van der Waals surface area contributed by atoms with E-state index in [4.69, 9.17) is 0 Å². The number of aromatic nitrogens is 2. The van der Waals surface area contributed by atoms with Gasteiger partial charge in [-0.05, 0) is 31.4 Å². The number of benzene rings is 1. The fourth-order valence-corrected chi connectivity index (χ4v) is 5.58. The molecule has 162 valence electrons. The molecular formula is C24H25F2N3O2. The molecule has 1 aliphatic carbocycles. The Bertz CT molecular complexity index is 1290. The maximum atomic E-state index is 15.0. The molecular weight excluding hydrogens is 400 g/mol. The fourth-order valence-electron chi connectivity index (χ4n) is 5.58. The van der Waals surface area contributed by atoms with E-state index in [1.54, 1.807) is 43.2 Å². The summed E-state index contributed by atoms with van der Waals surface area (Å²) in [6, 6.07) is 7.30. The van der Waals surface area contributed by atoms with Gasteiger partial charge in [-0.3, -0.25) is 9.59 Å². The molecule has 0 N–H and O–H groups in total. The first kappa shape index (κ1) is 20.0. The zero-order valence-corrected chi connectivity index (χ0v) is 18.1. The topological polar surface area (TPSA) is 47.2 Å². The zero-order valence-electron chi connectivity index (χ0n) is 18.1. The molecule has 3 heterocycles. The monoisotopic (exact) mass is 425 g/mol. The van der Waals surface area contributed by atoms with Gasteiger partial charge in [0, 0.05) is 39.6 Å². The number of amides is 1. The van der Waals surface area contributed by atoms with E-state index in [1.807, 2.05) is 26.0 Å². The average molecular weight is 425 g/mol. The lowest BCUT2D eigenvalue weighted by atomic mass is 9.86. The molecule has 2 unspecified atom stereocenters. The molecule has 5 nitrogen and oxygen atoms in total. The molecule has 5 rings (SSSR count). The molecule has 1 saturated heterocycles. The first-order chi connectivity index (χ1) is 14.6. The summed E-state index contributed by atoms with van der Waals surface area (Å²) in [5, 5.41) is 0.355. The number of piperidine rings is 1. The predicted molar refractivity (Wildman–Crippen MR) is 115 cm³/mol. The van der Waals surface area contributed by atoms with Gasteiger partial charge in [0.2, 0.25) is 0 Å². The van der Waals surface area contributed by atoms with Crippen molar-refractivity contribution in [3.63, 3.8) is 0 Å². The van der Waals surface area contributed by atoms with Crippen LogP contribution < -0.4 is 5.56 Å². The molecule has 31 heavy (non-hydrogen) atoms. The SMILES string of the molecule is Cc1ccc(C23CCN(C(=O)c4cn(C)c5c(C)cn(C)c(=O)c45)CC2C3(F)F)cc1. The van der Waals surface area contributed by atoms with Gasteiger partial charge < -0.3 is 14.0 Å². The summed E-state index contributed by atoms with van der Waals surface area (Å²) >= 11 is 0. The standard InChI is InChI=1S/C24H25F2N3O2/c1-14-5-7-16(8-6-14)23-9-10-29(13-18(23)24(23,25)26)21(30)17-12-27(3)20-15(2)11-28(4)22(31)19(17)20/h5-8,11-12,18H,9-10,13H2,1-4H3. The minimum atomic E-state index is -2.84. The van der Waals surface area contributed by atoms with Gasteiger partial charge in [0.05, 0.1) is 27.8 Å². The first-order valence-corrected chi connectivity index (χ1v) is 10.5. The van der Waals surface area contributed by atoms with Crippen LogP contribution in [-0.4, -0.2) is 39.0 Å². The third kappa shape index (κ3) is 2.52. The molecule has 1 saturated carbocycles. The van der Waals surface area contributed by atoms with Crippen molar-refractivity contribution in [2.45, 2.75) is 31.6 Å². The summed E-state index contributed by atoms with van der Waals surface area (Å²) in [4.78, 5) is 27.7. The molecule has 7 heteroatoms. The summed E-state index contributed by atoms with van der Waals surface area (Å²) in [6.07, 6.45) is 3.59. The number of hydrogen-bond donors (Lipinski definition) is 0. The average Bonchev–Trinajstić information content (AvgIpc) is 3.03. The molecule has 1 aliphatic heterocycles. The number of aryl methyl sites for hydroxylation is 4. The summed E-state index contributed by atoms with van der Waals surface area (Å²) in [7, 11) is 3.44. The molecule has 2 aliphatic rings. The van der Waals surface area contributed by atoms with Gasteiger partial charge in [0.25, 0.3) is 17.4 Å². The van der Waals surface area contributed by atoms with Crippen molar-refractivity contribution in [2.75, 3.05) is 13.1 Å². The Kier molecular flexibility index (Phi) is 4.04. The largest absolute Gasteiger partial charge is 0.349 e. The highest BCUT2D eigenvalue weighted by molar-refractivity contribution is 6.07. The Labute approximate surface area is 178 Å². The molecule has 2 atom stereocenters. The van der Waals surface area contributed by atoms with Crippen molar-refractivity contribution in [2.24, 2.45) is 20.0 Å². The van der Waals surface area contributed by atoms with Crippen LogP contribution in [0.25, 0.3) is 10.9 Å². The van der Waals surface area contributed by atoms with E-state index in [2.05, 4.69) is 0 Å². The van der Waals surface area contributed by atoms with E-state index in [1.165, 1.54) is 9.47 Å². The molecule has 0 spiro atoms. The summed E-state index contributed by atoms with van der Waals surface area (Å²) in [5.41, 5.74) is 2.10. The molecule has 2 aromatic heterocycles. The van der Waals surface area contributed by atoms with Gasteiger partial charge in [-0.1, -0.05) is 29.8 Å². The minimum absolute atomic E-state index is 0.0117. The fraction of sp³-hybridized carbons (Fsp3) is 0.417. The lowest BCUT2D eigenvalue weighted by Gasteiger charge is -2.30. The third-order valence-electron chi connectivity index (χ3n) is 7.28. The highest BCUT2D eigenvalue weighted by Gasteiger charge is 2.81. The van der Waals surface area contributed by atoms with Crippen molar-refractivity contribution >= 4 is 16.8 Å². The normalized spacial score (nSPS) is 24.3. The van der Waals surface area contributed by atoms with Crippen molar-refractivity contribution < 1.29 is 13.6 Å². The van der Waals surface area contributed by atoms with E-state index in [9.17, 15) is 9.59 Å². The molecule has 2 fully saturated rings. The number of pyridine rings is 1. The van der Waals surface area contributed by atoms with Gasteiger partial charge in [0.1, 0.15) is 0 Å². The number of likely N-dealkylation sites (tertiary alicyclic amines) is 1. The van der Waals surface area contributed by atoms with Crippen molar-refractivity contribution in [1.82, 2.24) is 14.0 Å². The van der Waals surface area contributed by atoms with Crippen LogP contribution in [0, 0.1) is 19.8 Å². The second-order valence-electron chi connectivity index (χ2n) is 9.12. The zero-order chi connectivity index (χ0) is 22.3. The second-order valence-corrected chi connectivity index (χ2v) is 9.12. The van der Waals surface area contributed by atoms with Crippen molar-refractivity contribution in [3.05, 3.63) is 69.3 Å². The van der Waals surface area contributed by atoms with Crippen LogP contribution in [0.1, 0.15) is 33.5 Å². The Balaban J connectivity index is 1.50. The number of carbonyl (C=O) groups excluding carboxylic acids is 1. The predicted octanol–water partition coefficient (Wildman–Crippen LogP) is 3.54. The number of nitrogens with zero attached hydrogens (tertiary/aromatic N) is 3. The number of rotatable bonds is 2.